The van der Waals surface area contributed by atoms with Crippen LogP contribution < -0.4 is 20.7 Å². The zero-order valence-corrected chi connectivity index (χ0v) is 60.5. The highest BCUT2D eigenvalue weighted by Crippen LogP contribution is 2.35. The van der Waals surface area contributed by atoms with Crippen molar-refractivity contribution in [2.24, 2.45) is 35.5 Å². The highest BCUT2D eigenvalue weighted by atomic mass is 32.1. The third kappa shape index (κ3) is 22.7. The number of esters is 2. The van der Waals surface area contributed by atoms with Crippen LogP contribution in [0.3, 0.4) is 0 Å². The van der Waals surface area contributed by atoms with E-state index in [9.17, 15) is 77.0 Å². The molecule has 5 rings (SSSR count). The molecule has 3 aliphatic heterocycles. The number of carboxylic acids is 1. The molecule has 548 valence electrons. The second-order valence-corrected chi connectivity index (χ2v) is 28.1. The van der Waals surface area contributed by atoms with E-state index in [1.165, 1.54) is 44.4 Å². The third-order valence-electron chi connectivity index (χ3n) is 18.6. The van der Waals surface area contributed by atoms with E-state index in [1.54, 1.807) is 39.9 Å². The molecule has 10 atom stereocenters. The van der Waals surface area contributed by atoms with Crippen LogP contribution >= 0.6 is 11.3 Å². The summed E-state index contributed by atoms with van der Waals surface area (Å²) in [6.07, 6.45) is 1.27. The van der Waals surface area contributed by atoms with E-state index in [1.807, 2.05) is 46.4 Å². The number of imide groups is 2. The van der Waals surface area contributed by atoms with Crippen LogP contribution in [0.15, 0.2) is 47.9 Å². The summed E-state index contributed by atoms with van der Waals surface area (Å²) >= 11 is 1.03. The number of amides is 8. The van der Waals surface area contributed by atoms with Crippen LogP contribution in [-0.4, -0.2) is 201 Å². The maximum atomic E-state index is 14.5. The Kier molecular flexibility index (Phi) is 31.0. The molecule has 1 aromatic carbocycles. The van der Waals surface area contributed by atoms with Crippen LogP contribution in [0.5, 0.6) is 5.75 Å². The van der Waals surface area contributed by atoms with Crippen molar-refractivity contribution in [1.82, 2.24) is 35.2 Å². The first-order valence-electron chi connectivity index (χ1n) is 33.9. The number of rotatable bonds is 23. The lowest BCUT2D eigenvalue weighted by molar-refractivity contribution is -0.156. The quantitative estimate of drug-likeness (QED) is 0.0586. The number of fused-ring (bicyclic) bond motifs is 1. The summed E-state index contributed by atoms with van der Waals surface area (Å²) in [5, 5.41) is 20.1. The molecule has 4 heterocycles. The van der Waals surface area contributed by atoms with Crippen LogP contribution in [0.25, 0.3) is 0 Å². The number of aromatic nitrogens is 1. The van der Waals surface area contributed by atoms with Crippen molar-refractivity contribution in [2.45, 2.75) is 195 Å². The van der Waals surface area contributed by atoms with Gasteiger partial charge in [0.1, 0.15) is 34.6 Å². The number of likely N-dealkylation sites (N-methyl/N-ethyl adjacent to an activating group) is 1. The van der Waals surface area contributed by atoms with Gasteiger partial charge in [-0.15, -0.1) is 11.3 Å². The second-order valence-electron chi connectivity index (χ2n) is 27.2. The maximum absolute atomic E-state index is 14.5. The Morgan fingerprint density at radius 1 is 0.780 bits per heavy atom. The van der Waals surface area contributed by atoms with E-state index in [-0.39, 0.29) is 136 Å². The largest absolute Gasteiger partial charge is 0.481 e. The lowest BCUT2D eigenvalue weighted by Crippen LogP contribution is -2.61. The van der Waals surface area contributed by atoms with Crippen molar-refractivity contribution in [2.75, 3.05) is 52.9 Å². The van der Waals surface area contributed by atoms with Crippen molar-refractivity contribution in [1.29, 1.82) is 0 Å². The van der Waals surface area contributed by atoms with Gasteiger partial charge in [-0.2, -0.15) is 0 Å². The smallest absolute Gasteiger partial charge is 0.313 e. The van der Waals surface area contributed by atoms with E-state index >= 15 is 0 Å². The van der Waals surface area contributed by atoms with Crippen molar-refractivity contribution in [3.05, 3.63) is 64.1 Å². The summed E-state index contributed by atoms with van der Waals surface area (Å²) in [4.78, 5) is 213. The number of hydrogen-bond donors (Lipinski definition) is 4. The van der Waals surface area contributed by atoms with Gasteiger partial charge in [-0.25, -0.2) is 4.98 Å². The molecule has 0 spiro atoms. The number of carbonyl (C=O) groups excluding carboxylic acids is 14. The zero-order chi connectivity index (χ0) is 74.6. The number of nitrogens with one attached hydrogen (secondary N) is 3. The van der Waals surface area contributed by atoms with E-state index in [0.29, 0.717) is 21.8 Å². The molecule has 5 unspecified atom stereocenters. The molecule has 0 saturated heterocycles. The minimum Gasteiger partial charge on any atom is -0.481 e. The Balaban J connectivity index is 1.42. The standard InChI is InChI=1S/C71H98N8O20S/c1-15-41(6)49(36-57(84)71(10,11)76(12)13)69(93)77(14)52(40(4)5)37-56(98-44(9)80)68-75-51(38-100-68)67(92)73-46(32-42(7)70(94)95)33-45-20-21-55-50(34-45)74-65(90)43(8)72-66(91)48(39(2)3)35-47(81)26-30-96-28-16-18-53(82)63(78-58(85)22-23-59(78)86)64(79-60(87)24-25-61(79)88)54(83)19-17-29-97-31-27-62(89)99-55/h20-25,34,38-43,46,48-49,52,56,63-64H,15-19,26-33,35-37H2,1-14H3,(H,72,91)(H,73,92)(H,74,90)(H,94,95)/t41-,42?,43?,46+,48?,49-,52+,56+,63?,64?/m0/s1. The fraction of sp³-hybridized carbons (Fsp3) is 0.606. The zero-order valence-electron chi connectivity index (χ0n) is 59.7. The van der Waals surface area contributed by atoms with Crippen LogP contribution in [0.4, 0.5) is 5.69 Å². The highest BCUT2D eigenvalue weighted by molar-refractivity contribution is 7.09. The lowest BCUT2D eigenvalue weighted by Gasteiger charge is -2.38. The maximum Gasteiger partial charge on any atom is 0.313 e. The summed E-state index contributed by atoms with van der Waals surface area (Å²) in [6.45, 7) is 18.1. The topological polar surface area (TPSA) is 375 Å². The molecule has 2 aromatic rings. The molecule has 8 amide bonds. The van der Waals surface area contributed by atoms with E-state index < -0.39 is 149 Å². The summed E-state index contributed by atoms with van der Waals surface area (Å²) in [5.41, 5.74) is -0.635. The van der Waals surface area contributed by atoms with Gasteiger partial charge < -0.3 is 44.9 Å². The number of benzene rings is 1. The van der Waals surface area contributed by atoms with Gasteiger partial charge in [0.2, 0.25) is 17.7 Å². The van der Waals surface area contributed by atoms with E-state index in [4.69, 9.17) is 18.9 Å². The SMILES string of the molecule is CC[C@H](C)[C@H](CC(=O)C(C)(C)N(C)C)C(=O)N(C)[C@H](C[C@@H](OC(C)=O)c1nc(C(=O)N[C@@H](Cc2ccc3c(c2)NC(=O)C(C)NC(=O)C(C(C)C)CC(=O)CCOCCCC(=O)C(N2C(=O)C=CC2=O)C(N2C(=O)C=CC2=O)C(=O)CCCOCCC(=O)O3)CC(C)C(=O)O)cs1)C(C)C. The molecular weight excluding hydrogens is 1320 g/mol. The fourth-order valence-electron chi connectivity index (χ4n) is 11.7. The number of nitrogens with zero attached hydrogens (tertiary/aromatic N) is 5. The first kappa shape index (κ1) is 82.1. The molecule has 4 N–H and O–H groups in total. The summed E-state index contributed by atoms with van der Waals surface area (Å²) in [6, 6.07) is -2.28. The molecular formula is C71H98N8O20S. The molecule has 0 bridgehead atoms. The minimum atomic E-state index is -1.93. The van der Waals surface area contributed by atoms with Gasteiger partial charge in [-0.1, -0.05) is 61.0 Å². The monoisotopic (exact) mass is 1410 g/mol. The van der Waals surface area contributed by atoms with Gasteiger partial charge >= 0.3 is 17.9 Å². The first-order valence-corrected chi connectivity index (χ1v) is 34.8. The Bertz CT molecular complexity index is 3410. The van der Waals surface area contributed by atoms with E-state index in [0.717, 1.165) is 35.6 Å². The second kappa shape index (κ2) is 37.8. The predicted molar refractivity (Wildman–Crippen MR) is 365 cm³/mol. The number of ether oxygens (including phenoxy) is 4. The Morgan fingerprint density at radius 3 is 1.85 bits per heavy atom. The Hall–Kier alpha value is -8.54. The summed E-state index contributed by atoms with van der Waals surface area (Å²) < 4.78 is 23.0. The average molecular weight is 1420 g/mol. The Labute approximate surface area is 587 Å². The minimum absolute atomic E-state index is 0.0123. The molecule has 0 aliphatic carbocycles. The van der Waals surface area contributed by atoms with Crippen molar-refractivity contribution in [3.8, 4) is 5.75 Å². The van der Waals surface area contributed by atoms with Crippen molar-refractivity contribution in [3.63, 3.8) is 0 Å². The molecule has 3 aliphatic rings. The number of Topliss-reactive ketones (excluding diaryl/α,β-unsaturated/α-hetero) is 4. The number of thiazole rings is 1. The number of carbonyl (C=O) groups is 15. The molecule has 100 heavy (non-hydrogen) atoms. The first-order chi connectivity index (χ1) is 47.0. The Morgan fingerprint density at radius 2 is 1.34 bits per heavy atom. The van der Waals surface area contributed by atoms with Gasteiger partial charge in [0.05, 0.1) is 36.8 Å². The normalized spacial score (nSPS) is 21.4. The number of hydrogen-bond acceptors (Lipinski definition) is 22. The van der Waals surface area contributed by atoms with Crippen LogP contribution in [0.2, 0.25) is 0 Å². The van der Waals surface area contributed by atoms with E-state index in [2.05, 4.69) is 20.9 Å². The van der Waals surface area contributed by atoms with Crippen LogP contribution in [0.1, 0.15) is 174 Å². The number of anilines is 1. The van der Waals surface area contributed by atoms with Crippen molar-refractivity contribution < 1.29 is 96.0 Å². The molecule has 29 heteroatoms. The predicted octanol–water partition coefficient (Wildman–Crippen LogP) is 5.73. The highest BCUT2D eigenvalue weighted by Gasteiger charge is 2.50. The molecule has 1 aromatic heterocycles. The number of carboxylic acid groups (broad SMARTS) is 1. The average Bonchev–Trinajstić information content (AvgIpc) is 1.52. The lowest BCUT2D eigenvalue weighted by atomic mass is 9.81. The van der Waals surface area contributed by atoms with Crippen LogP contribution in [-0.2, 0) is 87.8 Å². The molecule has 0 fully saturated rings. The van der Waals surface area contributed by atoms with Crippen molar-refractivity contribution >= 4 is 105 Å². The molecule has 0 radical (unpaired) electrons. The van der Waals surface area contributed by atoms with Crippen LogP contribution in [0, 0.1) is 35.5 Å². The van der Waals surface area contributed by atoms with Gasteiger partial charge in [0.15, 0.2) is 29.2 Å². The van der Waals surface area contributed by atoms with Gasteiger partial charge in [0, 0.05) is 119 Å². The van der Waals surface area contributed by atoms with Gasteiger partial charge in [-0.3, -0.25) is 86.6 Å². The fourth-order valence-corrected chi connectivity index (χ4v) is 12.6. The molecule has 28 nitrogen and oxygen atoms in total. The van der Waals surface area contributed by atoms with Gasteiger partial charge in [-0.05, 0) is 96.0 Å². The summed E-state index contributed by atoms with van der Waals surface area (Å²) in [7, 11) is 5.27. The number of ketones is 4. The number of aliphatic carboxylic acids is 1. The molecule has 0 saturated carbocycles. The van der Waals surface area contributed by atoms with Gasteiger partial charge in [0.25, 0.3) is 29.5 Å². The summed E-state index contributed by atoms with van der Waals surface area (Å²) in [5.74, 6) is -14.6. The third-order valence-corrected chi connectivity index (χ3v) is 19.5.